The number of benzene rings is 1. The highest BCUT2D eigenvalue weighted by Gasteiger charge is 2.14. The van der Waals surface area contributed by atoms with Crippen LogP contribution in [0.5, 0.6) is 0 Å². The molecule has 0 unspecified atom stereocenters. The third kappa shape index (κ3) is 3.37. The summed E-state index contributed by atoms with van der Waals surface area (Å²) in [5, 5.41) is 24.1. The molecule has 0 aliphatic carbocycles. The third-order valence-corrected chi connectivity index (χ3v) is 3.92. The number of aryl methyl sites for hydroxylation is 1. The molecule has 0 radical (unpaired) electrons. The average molecular weight is 292 g/mol. The maximum absolute atomic E-state index is 10.9. The Kier molecular flexibility index (Phi) is 4.75. The third-order valence-electron chi connectivity index (χ3n) is 2.89. The van der Waals surface area contributed by atoms with Crippen LogP contribution in [0.1, 0.15) is 17.5 Å². The minimum atomic E-state index is -0.369. The quantitative estimate of drug-likeness (QED) is 0.503. The zero-order chi connectivity index (χ0) is 14.5. The molecule has 7 heteroatoms. The molecule has 1 aromatic heterocycles. The van der Waals surface area contributed by atoms with Gasteiger partial charge in [-0.15, -0.1) is 10.2 Å². The maximum atomic E-state index is 10.9. The summed E-state index contributed by atoms with van der Waals surface area (Å²) in [6.45, 7) is 5.57. The van der Waals surface area contributed by atoms with Gasteiger partial charge in [-0.2, -0.15) is 0 Å². The van der Waals surface area contributed by atoms with Crippen LogP contribution < -0.4 is 5.32 Å². The van der Waals surface area contributed by atoms with Crippen LogP contribution in [0, 0.1) is 17.0 Å². The van der Waals surface area contributed by atoms with Gasteiger partial charge in [0.1, 0.15) is 10.0 Å². The van der Waals surface area contributed by atoms with E-state index in [-0.39, 0.29) is 10.6 Å². The monoisotopic (exact) mass is 292 g/mol. The number of rotatable bonds is 6. The van der Waals surface area contributed by atoms with Gasteiger partial charge in [-0.1, -0.05) is 30.4 Å². The highest BCUT2D eigenvalue weighted by Crippen LogP contribution is 2.28. The van der Waals surface area contributed by atoms with Crippen molar-refractivity contribution in [2.75, 3.05) is 13.1 Å². The molecule has 1 heterocycles. The highest BCUT2D eigenvalue weighted by atomic mass is 32.1. The minimum Gasteiger partial charge on any atom is -0.317 e. The van der Waals surface area contributed by atoms with Crippen LogP contribution in [0.2, 0.25) is 0 Å². The van der Waals surface area contributed by atoms with Crippen LogP contribution in [-0.4, -0.2) is 28.2 Å². The molecular weight excluding hydrogens is 276 g/mol. The number of nitro groups is 1. The molecule has 1 aromatic carbocycles. The molecule has 2 rings (SSSR count). The van der Waals surface area contributed by atoms with E-state index in [0.29, 0.717) is 5.56 Å². The van der Waals surface area contributed by atoms with Gasteiger partial charge in [0.25, 0.3) is 5.69 Å². The smallest absolute Gasteiger partial charge is 0.273 e. The van der Waals surface area contributed by atoms with Crippen molar-refractivity contribution in [1.29, 1.82) is 0 Å². The summed E-state index contributed by atoms with van der Waals surface area (Å²) in [5.74, 6) is 0. The van der Waals surface area contributed by atoms with Crippen LogP contribution in [0.4, 0.5) is 5.69 Å². The Balaban J connectivity index is 2.19. The molecule has 0 bridgehead atoms. The average Bonchev–Trinajstić information content (AvgIpc) is 2.88. The fraction of sp³-hybridized carbons (Fsp3) is 0.385. The van der Waals surface area contributed by atoms with Gasteiger partial charge >= 0.3 is 0 Å². The minimum absolute atomic E-state index is 0.117. The standard InChI is InChI=1S/C13H16N4O2S/c1-3-14-7-6-12-15-16-13(20-12)10-5-4-9(2)11(8-10)17(18)19/h4-5,8,14H,3,6-7H2,1-2H3. The van der Waals surface area contributed by atoms with Crippen molar-refractivity contribution in [2.45, 2.75) is 20.3 Å². The molecule has 0 saturated heterocycles. The van der Waals surface area contributed by atoms with Crippen molar-refractivity contribution in [2.24, 2.45) is 0 Å². The van der Waals surface area contributed by atoms with E-state index in [4.69, 9.17) is 0 Å². The predicted octanol–water partition coefficient (Wildman–Crippen LogP) is 2.57. The first kappa shape index (κ1) is 14.5. The van der Waals surface area contributed by atoms with Crippen molar-refractivity contribution in [3.05, 3.63) is 38.9 Å². The van der Waals surface area contributed by atoms with Gasteiger partial charge in [0.2, 0.25) is 0 Å². The maximum Gasteiger partial charge on any atom is 0.273 e. The summed E-state index contributed by atoms with van der Waals surface area (Å²) >= 11 is 1.48. The molecule has 0 amide bonds. The van der Waals surface area contributed by atoms with Gasteiger partial charge in [-0.25, -0.2) is 0 Å². The Morgan fingerprint density at radius 1 is 1.40 bits per heavy atom. The van der Waals surface area contributed by atoms with Crippen molar-refractivity contribution in [3.8, 4) is 10.6 Å². The van der Waals surface area contributed by atoms with Crippen LogP contribution in [-0.2, 0) is 6.42 Å². The van der Waals surface area contributed by atoms with Crippen LogP contribution >= 0.6 is 11.3 Å². The van der Waals surface area contributed by atoms with Crippen LogP contribution in [0.3, 0.4) is 0 Å². The lowest BCUT2D eigenvalue weighted by Crippen LogP contribution is -2.15. The second-order valence-electron chi connectivity index (χ2n) is 4.36. The molecule has 0 aliphatic heterocycles. The Hall–Kier alpha value is -1.86. The number of nitro benzene ring substituents is 1. The summed E-state index contributed by atoms with van der Waals surface area (Å²) in [4.78, 5) is 10.6. The van der Waals surface area contributed by atoms with Crippen molar-refractivity contribution in [1.82, 2.24) is 15.5 Å². The van der Waals surface area contributed by atoms with Gasteiger partial charge in [0.05, 0.1) is 4.92 Å². The molecular formula is C13H16N4O2S. The summed E-state index contributed by atoms with van der Waals surface area (Å²) in [5.41, 5.74) is 1.51. The zero-order valence-electron chi connectivity index (χ0n) is 11.4. The van der Waals surface area contributed by atoms with E-state index < -0.39 is 0 Å². The zero-order valence-corrected chi connectivity index (χ0v) is 12.2. The highest BCUT2D eigenvalue weighted by molar-refractivity contribution is 7.14. The fourth-order valence-corrected chi connectivity index (χ4v) is 2.62. The fourth-order valence-electron chi connectivity index (χ4n) is 1.78. The van der Waals surface area contributed by atoms with E-state index in [9.17, 15) is 10.1 Å². The Bertz CT molecular complexity index is 612. The lowest BCUT2D eigenvalue weighted by Gasteiger charge is -1.99. The molecule has 0 aliphatic rings. The Morgan fingerprint density at radius 2 is 2.20 bits per heavy atom. The number of hydrogen-bond donors (Lipinski definition) is 1. The normalized spacial score (nSPS) is 10.7. The Labute approximate surface area is 121 Å². The molecule has 2 aromatic rings. The SMILES string of the molecule is CCNCCc1nnc(-c2ccc(C)c([N+](=O)[O-])c2)s1. The van der Waals surface area contributed by atoms with Gasteiger partial charge in [-0.3, -0.25) is 10.1 Å². The molecule has 0 spiro atoms. The van der Waals surface area contributed by atoms with Crippen LogP contribution in [0.15, 0.2) is 18.2 Å². The Morgan fingerprint density at radius 3 is 2.90 bits per heavy atom. The molecule has 106 valence electrons. The van der Waals surface area contributed by atoms with Crippen molar-refractivity contribution in [3.63, 3.8) is 0 Å². The number of hydrogen-bond acceptors (Lipinski definition) is 6. The summed E-state index contributed by atoms with van der Waals surface area (Å²) in [6.07, 6.45) is 0.819. The van der Waals surface area contributed by atoms with Crippen molar-refractivity contribution < 1.29 is 4.92 Å². The molecule has 1 N–H and O–H groups in total. The van der Waals surface area contributed by atoms with Crippen LogP contribution in [0.25, 0.3) is 10.6 Å². The lowest BCUT2D eigenvalue weighted by atomic mass is 10.1. The largest absolute Gasteiger partial charge is 0.317 e. The second kappa shape index (κ2) is 6.53. The number of aromatic nitrogens is 2. The van der Waals surface area contributed by atoms with E-state index in [1.807, 2.05) is 6.07 Å². The van der Waals surface area contributed by atoms with Gasteiger partial charge in [-0.05, 0) is 13.5 Å². The number of nitrogens with one attached hydrogen (secondary N) is 1. The summed E-state index contributed by atoms with van der Waals surface area (Å²) in [6, 6.07) is 5.15. The van der Waals surface area contributed by atoms with E-state index >= 15 is 0 Å². The van der Waals surface area contributed by atoms with Gasteiger partial charge in [0.15, 0.2) is 0 Å². The molecule has 20 heavy (non-hydrogen) atoms. The first-order valence-corrected chi connectivity index (χ1v) is 7.22. The molecule has 0 saturated carbocycles. The van der Waals surface area contributed by atoms with E-state index in [2.05, 4.69) is 22.4 Å². The van der Waals surface area contributed by atoms with Crippen molar-refractivity contribution >= 4 is 17.0 Å². The molecule has 0 fully saturated rings. The predicted molar refractivity (Wildman–Crippen MR) is 79.0 cm³/mol. The lowest BCUT2D eigenvalue weighted by molar-refractivity contribution is -0.385. The number of likely N-dealkylation sites (N-methyl/N-ethyl adjacent to an activating group) is 1. The van der Waals surface area contributed by atoms with E-state index in [1.54, 1.807) is 19.1 Å². The van der Waals surface area contributed by atoms with Gasteiger partial charge < -0.3 is 5.32 Å². The van der Waals surface area contributed by atoms with Gasteiger partial charge in [0, 0.05) is 30.2 Å². The topological polar surface area (TPSA) is 81.0 Å². The first-order chi connectivity index (χ1) is 9.61. The molecule has 0 atom stereocenters. The summed E-state index contributed by atoms with van der Waals surface area (Å²) < 4.78 is 0. The summed E-state index contributed by atoms with van der Waals surface area (Å²) in [7, 11) is 0. The number of nitrogens with zero attached hydrogens (tertiary/aromatic N) is 3. The first-order valence-electron chi connectivity index (χ1n) is 6.40. The van der Waals surface area contributed by atoms with E-state index in [1.165, 1.54) is 11.3 Å². The second-order valence-corrected chi connectivity index (χ2v) is 5.42. The molecule has 6 nitrogen and oxygen atoms in total. The van der Waals surface area contributed by atoms with E-state index in [0.717, 1.165) is 35.1 Å².